The Bertz CT molecular complexity index is 1120. The normalized spacial score (nSPS) is 11.2. The lowest BCUT2D eigenvalue weighted by atomic mass is 10.1. The molecule has 0 bridgehead atoms. The molecular weight excluding hydrogens is 422 g/mol. The van der Waals surface area contributed by atoms with Crippen LogP contribution < -0.4 is 14.8 Å². The Kier molecular flexibility index (Phi) is 6.73. The van der Waals surface area contributed by atoms with E-state index in [4.69, 9.17) is 4.74 Å². The number of carbonyl (C=O) groups excluding carboxylic acids is 1. The van der Waals surface area contributed by atoms with Crippen molar-refractivity contribution in [3.63, 3.8) is 0 Å². The fraction of sp³-hybridized carbons (Fsp3) is 0.238. The van der Waals surface area contributed by atoms with E-state index in [1.54, 1.807) is 26.2 Å². The van der Waals surface area contributed by atoms with Crippen molar-refractivity contribution >= 4 is 32.4 Å². The van der Waals surface area contributed by atoms with Gasteiger partial charge < -0.3 is 10.1 Å². The maximum atomic E-state index is 12.5. The highest BCUT2D eigenvalue weighted by Gasteiger charge is 2.20. The predicted molar refractivity (Wildman–Crippen MR) is 118 cm³/mol. The molecule has 0 fully saturated rings. The number of benzene rings is 2. The van der Waals surface area contributed by atoms with Crippen LogP contribution in [0.15, 0.2) is 53.4 Å². The van der Waals surface area contributed by atoms with Crippen LogP contribution in [0.4, 0.5) is 5.13 Å². The number of methoxy groups -OCH3 is 1. The lowest BCUT2D eigenvalue weighted by Gasteiger charge is -2.06. The van der Waals surface area contributed by atoms with Gasteiger partial charge >= 0.3 is 0 Å². The van der Waals surface area contributed by atoms with Gasteiger partial charge in [-0.2, -0.15) is 0 Å². The summed E-state index contributed by atoms with van der Waals surface area (Å²) in [5.74, 6) is 0.503. The number of hydrogen-bond donors (Lipinski definition) is 2. The number of thiazole rings is 1. The third kappa shape index (κ3) is 5.37. The second-order valence-electron chi connectivity index (χ2n) is 6.71. The van der Waals surface area contributed by atoms with Crippen molar-refractivity contribution in [1.29, 1.82) is 0 Å². The van der Waals surface area contributed by atoms with Crippen LogP contribution in [0, 0.1) is 13.8 Å². The molecule has 1 aromatic heterocycles. The van der Waals surface area contributed by atoms with Gasteiger partial charge in [0.15, 0.2) is 5.13 Å². The molecule has 1 amide bonds. The van der Waals surface area contributed by atoms with Crippen molar-refractivity contribution in [3.05, 3.63) is 70.2 Å². The lowest BCUT2D eigenvalue weighted by molar-refractivity contribution is 0.0957. The number of sulfonamides is 1. The Morgan fingerprint density at radius 2 is 1.73 bits per heavy atom. The van der Waals surface area contributed by atoms with E-state index >= 15 is 0 Å². The maximum absolute atomic E-state index is 12.5. The number of aryl methyl sites for hydroxylation is 2. The summed E-state index contributed by atoms with van der Waals surface area (Å²) in [6.45, 7) is 4.01. The second-order valence-corrected chi connectivity index (χ2v) is 9.39. The SMILES string of the molecule is COc1ccc(CCNC(=O)c2sc(NS(=O)(=O)c3ccc(C)cc3)nc2C)cc1. The van der Waals surface area contributed by atoms with E-state index in [0.29, 0.717) is 23.5 Å². The molecular formula is C21H23N3O4S2. The molecule has 1 heterocycles. The summed E-state index contributed by atoms with van der Waals surface area (Å²) >= 11 is 1.01. The summed E-state index contributed by atoms with van der Waals surface area (Å²) < 4.78 is 32.6. The molecule has 0 aliphatic heterocycles. The first-order valence-corrected chi connectivity index (χ1v) is 11.6. The molecule has 0 aliphatic rings. The number of carbonyl (C=O) groups is 1. The van der Waals surface area contributed by atoms with E-state index in [2.05, 4.69) is 15.0 Å². The van der Waals surface area contributed by atoms with Crippen LogP contribution in [0.5, 0.6) is 5.75 Å². The highest BCUT2D eigenvalue weighted by molar-refractivity contribution is 7.93. The van der Waals surface area contributed by atoms with Gasteiger partial charge in [-0.3, -0.25) is 9.52 Å². The summed E-state index contributed by atoms with van der Waals surface area (Å²) in [5.41, 5.74) is 2.51. The predicted octanol–water partition coefficient (Wildman–Crippen LogP) is 3.54. The van der Waals surface area contributed by atoms with Gasteiger partial charge in [-0.1, -0.05) is 41.2 Å². The van der Waals surface area contributed by atoms with Crippen molar-refractivity contribution in [1.82, 2.24) is 10.3 Å². The van der Waals surface area contributed by atoms with Crippen molar-refractivity contribution in [2.45, 2.75) is 25.2 Å². The molecule has 0 aliphatic carbocycles. The molecule has 3 aromatic rings. The first-order chi connectivity index (χ1) is 14.3. The molecule has 2 aromatic carbocycles. The highest BCUT2D eigenvalue weighted by atomic mass is 32.2. The Morgan fingerprint density at radius 3 is 2.37 bits per heavy atom. The van der Waals surface area contributed by atoms with Crippen molar-refractivity contribution in [2.75, 3.05) is 18.4 Å². The Balaban J connectivity index is 1.61. The van der Waals surface area contributed by atoms with E-state index in [1.165, 1.54) is 12.1 Å². The minimum Gasteiger partial charge on any atom is -0.497 e. The monoisotopic (exact) mass is 445 g/mol. The van der Waals surface area contributed by atoms with Gasteiger partial charge in [-0.15, -0.1) is 0 Å². The topological polar surface area (TPSA) is 97.4 Å². The fourth-order valence-corrected chi connectivity index (χ4v) is 4.85. The van der Waals surface area contributed by atoms with Crippen molar-refractivity contribution < 1.29 is 17.9 Å². The number of anilines is 1. The second kappa shape index (κ2) is 9.27. The van der Waals surface area contributed by atoms with Crippen LogP contribution in [0.3, 0.4) is 0 Å². The van der Waals surface area contributed by atoms with Crippen LogP contribution in [0.1, 0.15) is 26.5 Å². The summed E-state index contributed by atoms with van der Waals surface area (Å²) in [5, 5.41) is 3.01. The zero-order valence-electron chi connectivity index (χ0n) is 16.9. The smallest absolute Gasteiger partial charge is 0.263 e. The Morgan fingerprint density at radius 1 is 1.07 bits per heavy atom. The van der Waals surface area contributed by atoms with Gasteiger partial charge in [0, 0.05) is 6.54 Å². The number of nitrogens with one attached hydrogen (secondary N) is 2. The van der Waals surface area contributed by atoms with E-state index < -0.39 is 10.0 Å². The molecule has 0 spiro atoms. The minimum atomic E-state index is -3.76. The van der Waals surface area contributed by atoms with Gasteiger partial charge in [-0.25, -0.2) is 13.4 Å². The first kappa shape index (κ1) is 21.8. The number of ether oxygens (including phenoxy) is 1. The van der Waals surface area contributed by atoms with Gasteiger partial charge in [-0.05, 0) is 50.1 Å². The average Bonchev–Trinajstić information content (AvgIpc) is 3.08. The van der Waals surface area contributed by atoms with E-state index in [0.717, 1.165) is 28.2 Å². The Labute approximate surface area is 180 Å². The van der Waals surface area contributed by atoms with E-state index in [9.17, 15) is 13.2 Å². The first-order valence-electron chi connectivity index (χ1n) is 9.26. The van der Waals surface area contributed by atoms with Crippen molar-refractivity contribution in [3.8, 4) is 5.75 Å². The van der Waals surface area contributed by atoms with E-state index in [-0.39, 0.29) is 15.9 Å². The summed E-state index contributed by atoms with van der Waals surface area (Å²) in [4.78, 5) is 17.2. The van der Waals surface area contributed by atoms with Gasteiger partial charge in [0.25, 0.3) is 15.9 Å². The van der Waals surface area contributed by atoms with Gasteiger partial charge in [0.2, 0.25) is 0 Å². The molecule has 30 heavy (non-hydrogen) atoms. The number of rotatable bonds is 8. The third-order valence-electron chi connectivity index (χ3n) is 4.41. The summed E-state index contributed by atoms with van der Waals surface area (Å²) in [6.07, 6.45) is 0.667. The minimum absolute atomic E-state index is 0.145. The molecule has 0 saturated heterocycles. The van der Waals surface area contributed by atoms with Crippen LogP contribution >= 0.6 is 11.3 Å². The van der Waals surface area contributed by atoms with Crippen LogP contribution in [0.2, 0.25) is 0 Å². The molecule has 7 nitrogen and oxygen atoms in total. The van der Waals surface area contributed by atoms with Crippen LogP contribution in [0.25, 0.3) is 0 Å². The lowest BCUT2D eigenvalue weighted by Crippen LogP contribution is -2.25. The largest absolute Gasteiger partial charge is 0.497 e. The number of hydrogen-bond acceptors (Lipinski definition) is 6. The van der Waals surface area contributed by atoms with E-state index in [1.807, 2.05) is 31.2 Å². The Hall–Kier alpha value is -2.91. The summed E-state index contributed by atoms with van der Waals surface area (Å²) in [7, 11) is -2.15. The van der Waals surface area contributed by atoms with Crippen LogP contribution in [-0.2, 0) is 16.4 Å². The molecule has 0 atom stereocenters. The third-order valence-corrected chi connectivity index (χ3v) is 6.97. The fourth-order valence-electron chi connectivity index (χ4n) is 2.73. The van der Waals surface area contributed by atoms with Crippen LogP contribution in [-0.4, -0.2) is 33.0 Å². The average molecular weight is 446 g/mol. The zero-order chi connectivity index (χ0) is 21.7. The number of amides is 1. The number of aromatic nitrogens is 1. The molecule has 0 radical (unpaired) electrons. The quantitative estimate of drug-likeness (QED) is 0.553. The zero-order valence-corrected chi connectivity index (χ0v) is 18.6. The standard InChI is InChI=1S/C21H23N3O4S2/c1-14-4-10-18(11-5-14)30(26,27)24-21-23-15(2)19(29-21)20(25)22-13-12-16-6-8-17(28-3)9-7-16/h4-11H,12-13H2,1-3H3,(H,22,25)(H,23,24). The maximum Gasteiger partial charge on any atom is 0.263 e. The van der Waals surface area contributed by atoms with Crippen molar-refractivity contribution in [2.24, 2.45) is 0 Å². The number of nitrogens with zero attached hydrogens (tertiary/aromatic N) is 1. The molecule has 2 N–H and O–H groups in total. The molecule has 3 rings (SSSR count). The van der Waals surface area contributed by atoms with Gasteiger partial charge in [0.05, 0.1) is 17.7 Å². The molecule has 0 saturated carbocycles. The molecule has 0 unspecified atom stereocenters. The molecule has 158 valence electrons. The molecule has 9 heteroatoms. The summed E-state index contributed by atoms with van der Waals surface area (Å²) in [6, 6.07) is 14.2. The highest BCUT2D eigenvalue weighted by Crippen LogP contribution is 2.25. The van der Waals surface area contributed by atoms with Gasteiger partial charge in [0.1, 0.15) is 10.6 Å².